The lowest BCUT2D eigenvalue weighted by Gasteiger charge is -2.22. The Morgan fingerprint density at radius 3 is 2.30 bits per heavy atom. The van der Waals surface area contributed by atoms with Crippen molar-refractivity contribution in [3.8, 4) is 0 Å². The Labute approximate surface area is 158 Å². The van der Waals surface area contributed by atoms with Crippen molar-refractivity contribution < 1.29 is 9.59 Å². The van der Waals surface area contributed by atoms with Crippen molar-refractivity contribution in [2.45, 2.75) is 6.42 Å². The zero-order valence-corrected chi connectivity index (χ0v) is 15.0. The molecule has 0 bridgehead atoms. The normalized spacial score (nSPS) is 14.8. The zero-order valence-electron chi connectivity index (χ0n) is 15.0. The van der Waals surface area contributed by atoms with Gasteiger partial charge in [0.15, 0.2) is 0 Å². The third-order valence-corrected chi connectivity index (χ3v) is 5.00. The number of rotatable bonds is 2. The summed E-state index contributed by atoms with van der Waals surface area (Å²) in [6.45, 7) is 2.37. The van der Waals surface area contributed by atoms with Gasteiger partial charge in [-0.05, 0) is 35.4 Å². The second-order valence-electron chi connectivity index (χ2n) is 6.71. The molecule has 1 aliphatic rings. The smallest absolute Gasteiger partial charge is 0.255 e. The van der Waals surface area contributed by atoms with E-state index < -0.39 is 0 Å². The first-order chi connectivity index (χ1) is 13.2. The standard InChI is InChI=1S/C22H21N3O2/c26-21(18-8-4-11-23-16-18)24-12-5-13-25(15-14-24)22(27)20-10-3-7-17-6-1-2-9-19(17)20/h1-4,6-11,16H,5,12-15H2. The Morgan fingerprint density at radius 1 is 0.778 bits per heavy atom. The van der Waals surface area contributed by atoms with Crippen LogP contribution in [0.2, 0.25) is 0 Å². The van der Waals surface area contributed by atoms with Gasteiger partial charge in [-0.1, -0.05) is 36.4 Å². The van der Waals surface area contributed by atoms with E-state index in [-0.39, 0.29) is 11.8 Å². The molecule has 1 fully saturated rings. The van der Waals surface area contributed by atoms with Crippen LogP contribution in [0.25, 0.3) is 10.8 Å². The Bertz CT molecular complexity index is 966. The largest absolute Gasteiger partial charge is 0.337 e. The minimum Gasteiger partial charge on any atom is -0.337 e. The Balaban J connectivity index is 1.51. The monoisotopic (exact) mass is 359 g/mol. The number of carbonyl (C=O) groups is 2. The number of hydrogen-bond donors (Lipinski definition) is 0. The minimum atomic E-state index is -0.0254. The van der Waals surface area contributed by atoms with Crippen LogP contribution < -0.4 is 0 Å². The van der Waals surface area contributed by atoms with Gasteiger partial charge in [0.25, 0.3) is 11.8 Å². The molecular weight excluding hydrogens is 338 g/mol. The average Bonchev–Trinajstić information content (AvgIpc) is 2.99. The Kier molecular flexibility index (Phi) is 4.83. The molecule has 5 nitrogen and oxygen atoms in total. The summed E-state index contributed by atoms with van der Waals surface area (Å²) in [6, 6.07) is 17.3. The van der Waals surface area contributed by atoms with Crippen molar-refractivity contribution in [3.05, 3.63) is 78.1 Å². The van der Waals surface area contributed by atoms with Crippen LogP contribution in [0.1, 0.15) is 27.1 Å². The highest BCUT2D eigenvalue weighted by atomic mass is 16.2. The average molecular weight is 359 g/mol. The van der Waals surface area contributed by atoms with Gasteiger partial charge in [-0.15, -0.1) is 0 Å². The van der Waals surface area contributed by atoms with Crippen molar-refractivity contribution in [1.82, 2.24) is 14.8 Å². The Morgan fingerprint density at radius 2 is 1.52 bits per heavy atom. The summed E-state index contributed by atoms with van der Waals surface area (Å²) in [7, 11) is 0. The fraction of sp³-hybridized carbons (Fsp3) is 0.227. The first-order valence-electron chi connectivity index (χ1n) is 9.20. The van der Waals surface area contributed by atoms with E-state index in [0.717, 1.165) is 22.8 Å². The van der Waals surface area contributed by atoms with Gasteiger partial charge < -0.3 is 9.80 Å². The number of hydrogen-bond acceptors (Lipinski definition) is 3. The summed E-state index contributed by atoms with van der Waals surface area (Å²) in [4.78, 5) is 33.5. The molecule has 4 rings (SSSR count). The molecule has 0 spiro atoms. The summed E-state index contributed by atoms with van der Waals surface area (Å²) >= 11 is 0. The number of aromatic nitrogens is 1. The highest BCUT2D eigenvalue weighted by Gasteiger charge is 2.24. The van der Waals surface area contributed by atoms with Gasteiger partial charge in [0.05, 0.1) is 5.56 Å². The maximum atomic E-state index is 13.1. The zero-order chi connectivity index (χ0) is 18.6. The van der Waals surface area contributed by atoms with Gasteiger partial charge in [0, 0.05) is 44.1 Å². The van der Waals surface area contributed by atoms with Crippen LogP contribution >= 0.6 is 0 Å². The highest BCUT2D eigenvalue weighted by Crippen LogP contribution is 2.21. The summed E-state index contributed by atoms with van der Waals surface area (Å²) in [5, 5.41) is 2.03. The fourth-order valence-corrected chi connectivity index (χ4v) is 3.58. The predicted octanol–water partition coefficient (Wildman–Crippen LogP) is 3.22. The summed E-state index contributed by atoms with van der Waals surface area (Å²) in [5.74, 6) is 0.00466. The third kappa shape index (κ3) is 3.53. The van der Waals surface area contributed by atoms with Crippen LogP contribution in [-0.2, 0) is 0 Å². The maximum Gasteiger partial charge on any atom is 0.255 e. The molecule has 5 heteroatoms. The summed E-state index contributed by atoms with van der Waals surface area (Å²) < 4.78 is 0. The van der Waals surface area contributed by atoms with Crippen LogP contribution in [0.15, 0.2) is 67.0 Å². The predicted molar refractivity (Wildman–Crippen MR) is 105 cm³/mol. The minimum absolute atomic E-state index is 0.0254. The lowest BCUT2D eigenvalue weighted by Crippen LogP contribution is -2.37. The third-order valence-electron chi connectivity index (χ3n) is 5.00. The van der Waals surface area contributed by atoms with E-state index in [9.17, 15) is 9.59 Å². The van der Waals surface area contributed by atoms with Crippen LogP contribution in [0.3, 0.4) is 0 Å². The van der Waals surface area contributed by atoms with Crippen molar-refractivity contribution in [3.63, 3.8) is 0 Å². The molecule has 0 atom stereocenters. The van der Waals surface area contributed by atoms with E-state index in [2.05, 4.69) is 4.98 Å². The van der Waals surface area contributed by atoms with Gasteiger partial charge in [0.1, 0.15) is 0 Å². The molecule has 0 unspecified atom stereocenters. The topological polar surface area (TPSA) is 53.5 Å². The first kappa shape index (κ1) is 17.2. The van der Waals surface area contributed by atoms with Gasteiger partial charge >= 0.3 is 0 Å². The van der Waals surface area contributed by atoms with Gasteiger partial charge in [0.2, 0.25) is 0 Å². The second kappa shape index (κ2) is 7.58. The molecule has 2 amide bonds. The summed E-state index contributed by atoms with van der Waals surface area (Å²) in [6.07, 6.45) is 4.01. The lowest BCUT2D eigenvalue weighted by molar-refractivity contribution is 0.0719. The number of carbonyl (C=O) groups excluding carboxylic acids is 2. The number of pyridine rings is 1. The van der Waals surface area contributed by atoms with Crippen LogP contribution in [0.5, 0.6) is 0 Å². The van der Waals surface area contributed by atoms with Crippen molar-refractivity contribution >= 4 is 22.6 Å². The maximum absolute atomic E-state index is 13.1. The molecule has 136 valence electrons. The highest BCUT2D eigenvalue weighted by molar-refractivity contribution is 6.07. The molecular formula is C22H21N3O2. The Hall–Kier alpha value is -3.21. The molecule has 3 aromatic rings. The van der Waals surface area contributed by atoms with Gasteiger partial charge in [-0.25, -0.2) is 0 Å². The van der Waals surface area contributed by atoms with E-state index in [0.29, 0.717) is 31.7 Å². The van der Waals surface area contributed by atoms with E-state index >= 15 is 0 Å². The van der Waals surface area contributed by atoms with E-state index in [4.69, 9.17) is 0 Å². The molecule has 1 aromatic heterocycles. The van der Waals surface area contributed by atoms with Crippen molar-refractivity contribution in [2.75, 3.05) is 26.2 Å². The number of benzene rings is 2. The van der Waals surface area contributed by atoms with Gasteiger partial charge in [-0.2, -0.15) is 0 Å². The number of nitrogens with zero attached hydrogens (tertiary/aromatic N) is 3. The lowest BCUT2D eigenvalue weighted by atomic mass is 10.0. The van der Waals surface area contributed by atoms with Crippen LogP contribution in [-0.4, -0.2) is 52.8 Å². The molecule has 0 saturated carbocycles. The van der Waals surface area contributed by atoms with E-state index in [1.54, 1.807) is 24.5 Å². The molecule has 0 N–H and O–H groups in total. The van der Waals surface area contributed by atoms with Crippen molar-refractivity contribution in [2.24, 2.45) is 0 Å². The second-order valence-corrected chi connectivity index (χ2v) is 6.71. The molecule has 27 heavy (non-hydrogen) atoms. The number of fused-ring (bicyclic) bond motifs is 1. The SMILES string of the molecule is O=C(c1cccnc1)N1CCCN(C(=O)c2cccc3ccccc23)CC1. The molecule has 0 radical (unpaired) electrons. The summed E-state index contributed by atoms with van der Waals surface area (Å²) in [5.41, 5.74) is 1.31. The molecule has 1 aliphatic heterocycles. The van der Waals surface area contributed by atoms with Crippen molar-refractivity contribution in [1.29, 1.82) is 0 Å². The molecule has 1 saturated heterocycles. The van der Waals surface area contributed by atoms with Crippen LogP contribution in [0.4, 0.5) is 0 Å². The fourth-order valence-electron chi connectivity index (χ4n) is 3.58. The molecule has 2 heterocycles. The quantitative estimate of drug-likeness (QED) is 0.706. The van der Waals surface area contributed by atoms with E-state index in [1.807, 2.05) is 52.3 Å². The first-order valence-corrected chi connectivity index (χ1v) is 9.20. The van der Waals surface area contributed by atoms with Crippen LogP contribution in [0, 0.1) is 0 Å². The van der Waals surface area contributed by atoms with E-state index in [1.165, 1.54) is 0 Å². The molecule has 0 aliphatic carbocycles. The van der Waals surface area contributed by atoms with Gasteiger partial charge in [-0.3, -0.25) is 14.6 Å². The molecule has 2 aromatic carbocycles. The number of amides is 2.